The van der Waals surface area contributed by atoms with E-state index in [0.717, 1.165) is 6.07 Å². The summed E-state index contributed by atoms with van der Waals surface area (Å²) < 4.78 is 25.8. The molecule has 0 amide bonds. The zero-order chi connectivity index (χ0) is 10.8. The molecule has 1 heterocycles. The molecule has 1 aromatic heterocycles. The third-order valence-corrected chi connectivity index (χ3v) is 2.76. The van der Waals surface area contributed by atoms with Gasteiger partial charge < -0.3 is 5.11 Å². The Morgan fingerprint density at radius 1 is 1.20 bits per heavy atom. The fraction of sp³-hybridized carbons (Fsp3) is 0.100. The monoisotopic (exact) mass is 227 g/mol. The molecule has 2 rings (SSSR count). The van der Waals surface area contributed by atoms with Crippen LogP contribution in [0, 0.1) is 11.6 Å². The van der Waals surface area contributed by atoms with Gasteiger partial charge in [0, 0.05) is 17.0 Å². The minimum atomic E-state index is -0.634. The summed E-state index contributed by atoms with van der Waals surface area (Å²) in [6, 6.07) is 3.23. The van der Waals surface area contributed by atoms with Crippen LogP contribution >= 0.6 is 11.3 Å². The van der Waals surface area contributed by atoms with Crippen LogP contribution in [0.2, 0.25) is 0 Å². The second kappa shape index (κ2) is 4.04. The van der Waals surface area contributed by atoms with Crippen molar-refractivity contribution in [1.82, 2.24) is 4.98 Å². The fourth-order valence-corrected chi connectivity index (χ4v) is 1.99. The minimum Gasteiger partial charge on any atom is -0.390 e. The number of hydrogen-bond acceptors (Lipinski definition) is 3. The summed E-state index contributed by atoms with van der Waals surface area (Å²) >= 11 is 1.24. The predicted octanol–water partition coefficient (Wildman–Crippen LogP) is 2.58. The largest absolute Gasteiger partial charge is 0.390 e. The molecule has 15 heavy (non-hydrogen) atoms. The van der Waals surface area contributed by atoms with E-state index in [2.05, 4.69) is 4.98 Å². The maximum absolute atomic E-state index is 12.9. The number of hydrogen-bond donors (Lipinski definition) is 1. The van der Waals surface area contributed by atoms with Gasteiger partial charge in [0.1, 0.15) is 16.6 Å². The lowest BCUT2D eigenvalue weighted by atomic mass is 10.2. The first-order chi connectivity index (χ1) is 7.19. The van der Waals surface area contributed by atoms with Crippen LogP contribution in [0.1, 0.15) is 5.69 Å². The summed E-state index contributed by atoms with van der Waals surface area (Å²) in [5.74, 6) is -1.27. The third-order valence-electron chi connectivity index (χ3n) is 1.82. The number of aliphatic hydroxyl groups is 1. The van der Waals surface area contributed by atoms with Crippen LogP contribution < -0.4 is 0 Å². The van der Waals surface area contributed by atoms with Crippen molar-refractivity contribution in [2.24, 2.45) is 0 Å². The van der Waals surface area contributed by atoms with E-state index in [4.69, 9.17) is 5.11 Å². The molecule has 2 nitrogen and oxygen atoms in total. The lowest BCUT2D eigenvalue weighted by Crippen LogP contribution is -1.85. The van der Waals surface area contributed by atoms with Gasteiger partial charge >= 0.3 is 0 Å². The average Bonchev–Trinajstić information content (AvgIpc) is 2.64. The van der Waals surface area contributed by atoms with Crippen LogP contribution in [0.5, 0.6) is 0 Å². The van der Waals surface area contributed by atoms with Crippen molar-refractivity contribution in [3.8, 4) is 10.6 Å². The molecule has 1 N–H and O–H groups in total. The first-order valence-corrected chi connectivity index (χ1v) is 5.09. The molecule has 5 heteroatoms. The molecule has 78 valence electrons. The van der Waals surface area contributed by atoms with Crippen LogP contribution in [0.15, 0.2) is 23.6 Å². The zero-order valence-corrected chi connectivity index (χ0v) is 8.39. The molecule has 0 unspecified atom stereocenters. The Bertz CT molecular complexity index is 464. The van der Waals surface area contributed by atoms with Gasteiger partial charge in [-0.15, -0.1) is 11.3 Å². The van der Waals surface area contributed by atoms with Gasteiger partial charge in [0.15, 0.2) is 0 Å². The Morgan fingerprint density at radius 3 is 2.40 bits per heavy atom. The van der Waals surface area contributed by atoms with E-state index in [1.165, 1.54) is 23.5 Å². The zero-order valence-electron chi connectivity index (χ0n) is 7.58. The molecule has 1 aromatic carbocycles. The Morgan fingerprint density at radius 2 is 1.87 bits per heavy atom. The van der Waals surface area contributed by atoms with Crippen molar-refractivity contribution in [1.29, 1.82) is 0 Å². The van der Waals surface area contributed by atoms with E-state index >= 15 is 0 Å². The Hall–Kier alpha value is -1.33. The van der Waals surface area contributed by atoms with Gasteiger partial charge in [0.25, 0.3) is 0 Å². The van der Waals surface area contributed by atoms with Crippen LogP contribution in [-0.4, -0.2) is 10.1 Å². The molecule has 0 saturated heterocycles. The maximum atomic E-state index is 12.9. The quantitative estimate of drug-likeness (QED) is 0.855. The van der Waals surface area contributed by atoms with Crippen molar-refractivity contribution < 1.29 is 13.9 Å². The standard InChI is InChI=1S/C10H7F2NOS/c11-7-1-6(2-8(12)3-7)10-13-9(4-14)5-15-10/h1-3,5,14H,4H2. The molecular formula is C10H7F2NOS. The lowest BCUT2D eigenvalue weighted by Gasteiger charge is -1.97. The van der Waals surface area contributed by atoms with Gasteiger partial charge in [-0.3, -0.25) is 0 Å². The molecule has 0 bridgehead atoms. The number of aliphatic hydroxyl groups excluding tert-OH is 1. The summed E-state index contributed by atoms with van der Waals surface area (Å²) in [5.41, 5.74) is 0.886. The Labute approximate surface area is 88.8 Å². The molecule has 0 radical (unpaired) electrons. The number of thiazole rings is 1. The summed E-state index contributed by atoms with van der Waals surface area (Å²) in [6.07, 6.45) is 0. The van der Waals surface area contributed by atoms with E-state index in [9.17, 15) is 8.78 Å². The maximum Gasteiger partial charge on any atom is 0.126 e. The Balaban J connectivity index is 2.44. The van der Waals surface area contributed by atoms with Crippen molar-refractivity contribution in [3.05, 3.63) is 40.9 Å². The Kier molecular flexibility index (Phi) is 2.75. The van der Waals surface area contributed by atoms with E-state index < -0.39 is 11.6 Å². The van der Waals surface area contributed by atoms with Crippen molar-refractivity contribution in [2.45, 2.75) is 6.61 Å². The topological polar surface area (TPSA) is 33.1 Å². The van der Waals surface area contributed by atoms with Crippen LogP contribution in [-0.2, 0) is 6.61 Å². The van der Waals surface area contributed by atoms with Gasteiger partial charge in [-0.25, -0.2) is 13.8 Å². The van der Waals surface area contributed by atoms with Crippen LogP contribution in [0.3, 0.4) is 0 Å². The first-order valence-electron chi connectivity index (χ1n) is 4.21. The van der Waals surface area contributed by atoms with Crippen molar-refractivity contribution in [3.63, 3.8) is 0 Å². The molecule has 0 aliphatic carbocycles. The molecule has 0 fully saturated rings. The first kappa shape index (κ1) is 10.2. The summed E-state index contributed by atoms with van der Waals surface area (Å²) in [4.78, 5) is 4.02. The summed E-state index contributed by atoms with van der Waals surface area (Å²) in [6.45, 7) is -0.172. The fourth-order valence-electron chi connectivity index (χ4n) is 1.19. The predicted molar refractivity (Wildman–Crippen MR) is 53.4 cm³/mol. The SMILES string of the molecule is OCc1csc(-c2cc(F)cc(F)c2)n1. The molecule has 2 aromatic rings. The molecule has 0 spiro atoms. The third kappa shape index (κ3) is 2.19. The van der Waals surface area contributed by atoms with Crippen molar-refractivity contribution >= 4 is 11.3 Å². The second-order valence-electron chi connectivity index (χ2n) is 2.96. The van der Waals surface area contributed by atoms with Gasteiger partial charge in [-0.05, 0) is 12.1 Å². The molecule has 0 aliphatic heterocycles. The van der Waals surface area contributed by atoms with Gasteiger partial charge in [0.05, 0.1) is 12.3 Å². The number of nitrogens with zero attached hydrogens (tertiary/aromatic N) is 1. The highest BCUT2D eigenvalue weighted by atomic mass is 32.1. The van der Waals surface area contributed by atoms with E-state index in [1.807, 2.05) is 0 Å². The van der Waals surface area contributed by atoms with Gasteiger partial charge in [0.2, 0.25) is 0 Å². The van der Waals surface area contributed by atoms with Gasteiger partial charge in [-0.1, -0.05) is 0 Å². The van der Waals surface area contributed by atoms with Crippen LogP contribution in [0.25, 0.3) is 10.6 Å². The van der Waals surface area contributed by atoms with E-state index in [-0.39, 0.29) is 6.61 Å². The number of benzene rings is 1. The number of aromatic nitrogens is 1. The highest BCUT2D eigenvalue weighted by Gasteiger charge is 2.07. The highest BCUT2D eigenvalue weighted by molar-refractivity contribution is 7.13. The van der Waals surface area contributed by atoms with E-state index in [1.54, 1.807) is 5.38 Å². The van der Waals surface area contributed by atoms with Crippen LogP contribution in [0.4, 0.5) is 8.78 Å². The molecule has 0 saturated carbocycles. The average molecular weight is 227 g/mol. The summed E-state index contributed by atoms with van der Waals surface area (Å²) in [5, 5.41) is 11.0. The lowest BCUT2D eigenvalue weighted by molar-refractivity contribution is 0.278. The number of rotatable bonds is 2. The molecule has 0 atom stereocenters. The molecular weight excluding hydrogens is 220 g/mol. The minimum absolute atomic E-state index is 0.172. The normalized spacial score (nSPS) is 10.6. The van der Waals surface area contributed by atoms with Crippen molar-refractivity contribution in [2.75, 3.05) is 0 Å². The highest BCUT2D eigenvalue weighted by Crippen LogP contribution is 2.25. The smallest absolute Gasteiger partial charge is 0.126 e. The molecule has 0 aliphatic rings. The second-order valence-corrected chi connectivity index (χ2v) is 3.82. The van der Waals surface area contributed by atoms with E-state index in [0.29, 0.717) is 16.3 Å². The van der Waals surface area contributed by atoms with Gasteiger partial charge in [-0.2, -0.15) is 0 Å². The summed E-state index contributed by atoms with van der Waals surface area (Å²) in [7, 11) is 0. The number of halogens is 2.